The highest BCUT2D eigenvalue weighted by atomic mass is 79.9. The number of aryl methyl sites for hydroxylation is 1. The number of pyridine rings is 1. The summed E-state index contributed by atoms with van der Waals surface area (Å²) in [5.74, 6) is 5.67. The van der Waals surface area contributed by atoms with Gasteiger partial charge in [-0.05, 0) is 36.6 Å². The second-order valence-electron chi connectivity index (χ2n) is 4.22. The molecule has 3 N–H and O–H groups in total. The van der Waals surface area contributed by atoms with Crippen LogP contribution in [0.5, 0.6) is 0 Å². The summed E-state index contributed by atoms with van der Waals surface area (Å²) in [6.45, 7) is 2.05. The number of hydrogen-bond acceptors (Lipinski definition) is 3. The lowest BCUT2D eigenvalue weighted by Crippen LogP contribution is -2.30. The van der Waals surface area contributed by atoms with Crippen molar-refractivity contribution < 1.29 is 0 Å². The van der Waals surface area contributed by atoms with E-state index in [2.05, 4.69) is 32.4 Å². The number of hydrazine groups is 1. The molecule has 3 nitrogen and oxygen atoms in total. The van der Waals surface area contributed by atoms with Gasteiger partial charge in [0.25, 0.3) is 0 Å². The van der Waals surface area contributed by atoms with Crippen molar-refractivity contribution in [2.75, 3.05) is 0 Å². The van der Waals surface area contributed by atoms with E-state index in [0.29, 0.717) is 0 Å². The van der Waals surface area contributed by atoms with Crippen molar-refractivity contribution in [3.8, 4) is 0 Å². The minimum Gasteiger partial charge on any atom is -0.271 e. The maximum Gasteiger partial charge on any atom is 0.0675 e. The van der Waals surface area contributed by atoms with E-state index in [9.17, 15) is 0 Å². The zero-order valence-electron chi connectivity index (χ0n) is 10.2. The van der Waals surface area contributed by atoms with Crippen LogP contribution < -0.4 is 11.3 Å². The molecule has 0 aliphatic rings. The topological polar surface area (TPSA) is 50.9 Å². The first kappa shape index (κ1) is 13.2. The minimum absolute atomic E-state index is 0.0184. The number of nitrogens with two attached hydrogens (primary N) is 1. The van der Waals surface area contributed by atoms with E-state index in [1.165, 1.54) is 5.56 Å². The van der Waals surface area contributed by atoms with Gasteiger partial charge in [-0.3, -0.25) is 16.3 Å². The second kappa shape index (κ2) is 6.09. The van der Waals surface area contributed by atoms with E-state index >= 15 is 0 Å². The van der Waals surface area contributed by atoms with Gasteiger partial charge in [0.1, 0.15) is 0 Å². The SMILES string of the molecule is Cc1cccnc1C(Cc1ccccc1Br)NN. The number of nitrogens with one attached hydrogen (secondary N) is 1. The molecule has 0 amide bonds. The average Bonchev–Trinajstić information content (AvgIpc) is 2.39. The van der Waals surface area contributed by atoms with Crippen LogP contribution in [-0.2, 0) is 6.42 Å². The highest BCUT2D eigenvalue weighted by molar-refractivity contribution is 9.10. The highest BCUT2D eigenvalue weighted by Crippen LogP contribution is 2.23. The molecule has 2 rings (SSSR count). The molecule has 18 heavy (non-hydrogen) atoms. The van der Waals surface area contributed by atoms with E-state index in [0.717, 1.165) is 22.2 Å². The summed E-state index contributed by atoms with van der Waals surface area (Å²) in [6, 6.07) is 12.2. The molecular formula is C14H16BrN3. The Kier molecular flexibility index (Phi) is 4.47. The first-order valence-electron chi connectivity index (χ1n) is 5.83. The molecule has 1 aromatic carbocycles. The van der Waals surface area contributed by atoms with Crippen molar-refractivity contribution in [2.24, 2.45) is 5.84 Å². The normalized spacial score (nSPS) is 12.4. The van der Waals surface area contributed by atoms with Crippen molar-refractivity contribution in [1.29, 1.82) is 0 Å². The molecule has 0 radical (unpaired) electrons. The van der Waals surface area contributed by atoms with E-state index in [4.69, 9.17) is 5.84 Å². The van der Waals surface area contributed by atoms with Gasteiger partial charge in [0.2, 0.25) is 0 Å². The van der Waals surface area contributed by atoms with Crippen molar-refractivity contribution in [3.05, 3.63) is 63.9 Å². The summed E-state index contributed by atoms with van der Waals surface area (Å²) >= 11 is 3.56. The third-order valence-corrected chi connectivity index (χ3v) is 3.74. The Labute approximate surface area is 116 Å². The molecule has 1 atom stereocenters. The van der Waals surface area contributed by atoms with Gasteiger partial charge in [-0.1, -0.05) is 40.2 Å². The highest BCUT2D eigenvalue weighted by Gasteiger charge is 2.15. The number of hydrogen-bond donors (Lipinski definition) is 2. The summed E-state index contributed by atoms with van der Waals surface area (Å²) in [4.78, 5) is 4.42. The van der Waals surface area contributed by atoms with Crippen LogP contribution in [0.1, 0.15) is 22.9 Å². The van der Waals surface area contributed by atoms with Crippen LogP contribution in [0.2, 0.25) is 0 Å². The molecule has 1 heterocycles. The Hall–Kier alpha value is -1.23. The molecule has 0 saturated heterocycles. The van der Waals surface area contributed by atoms with Crippen LogP contribution >= 0.6 is 15.9 Å². The van der Waals surface area contributed by atoms with Gasteiger partial charge in [-0.2, -0.15) is 0 Å². The summed E-state index contributed by atoms with van der Waals surface area (Å²) in [5, 5.41) is 0. The Bertz CT molecular complexity index is 528. The second-order valence-corrected chi connectivity index (χ2v) is 5.07. The van der Waals surface area contributed by atoms with Crippen LogP contribution in [0.25, 0.3) is 0 Å². The molecule has 94 valence electrons. The zero-order valence-corrected chi connectivity index (χ0v) is 11.8. The largest absolute Gasteiger partial charge is 0.271 e. The van der Waals surface area contributed by atoms with Crippen LogP contribution in [0.3, 0.4) is 0 Å². The molecule has 0 aliphatic heterocycles. The number of benzene rings is 1. The fourth-order valence-corrected chi connectivity index (χ4v) is 2.43. The molecule has 0 aliphatic carbocycles. The quantitative estimate of drug-likeness (QED) is 0.674. The van der Waals surface area contributed by atoms with Gasteiger partial charge in [0.05, 0.1) is 11.7 Å². The third-order valence-electron chi connectivity index (χ3n) is 2.96. The van der Waals surface area contributed by atoms with Crippen molar-refractivity contribution in [3.63, 3.8) is 0 Å². The summed E-state index contributed by atoms with van der Waals surface area (Å²) in [7, 11) is 0. The zero-order chi connectivity index (χ0) is 13.0. The Balaban J connectivity index is 2.26. The number of aromatic nitrogens is 1. The molecule has 4 heteroatoms. The van der Waals surface area contributed by atoms with Gasteiger partial charge in [-0.25, -0.2) is 0 Å². The standard InChI is InChI=1S/C14H16BrN3/c1-10-5-4-8-17-14(10)13(18-16)9-11-6-2-3-7-12(11)15/h2-8,13,18H,9,16H2,1H3. The minimum atomic E-state index is 0.0184. The number of nitrogens with zero attached hydrogens (tertiary/aromatic N) is 1. The van der Waals surface area contributed by atoms with Gasteiger partial charge < -0.3 is 0 Å². The predicted molar refractivity (Wildman–Crippen MR) is 76.9 cm³/mol. The summed E-state index contributed by atoms with van der Waals surface area (Å²) in [6.07, 6.45) is 2.60. The maximum absolute atomic E-state index is 5.67. The maximum atomic E-state index is 5.67. The van der Waals surface area contributed by atoms with Crippen LogP contribution in [-0.4, -0.2) is 4.98 Å². The molecular weight excluding hydrogens is 290 g/mol. The molecule has 1 unspecified atom stereocenters. The Morgan fingerprint density at radius 3 is 2.72 bits per heavy atom. The molecule has 0 fully saturated rings. The van der Waals surface area contributed by atoms with Gasteiger partial charge >= 0.3 is 0 Å². The van der Waals surface area contributed by atoms with E-state index in [1.54, 1.807) is 6.20 Å². The fourth-order valence-electron chi connectivity index (χ4n) is 1.98. The molecule has 0 bridgehead atoms. The predicted octanol–water partition coefficient (Wildman–Crippen LogP) is 2.90. The lowest BCUT2D eigenvalue weighted by molar-refractivity contribution is 0.534. The number of rotatable bonds is 4. The van der Waals surface area contributed by atoms with Gasteiger partial charge in [0.15, 0.2) is 0 Å². The van der Waals surface area contributed by atoms with Crippen molar-refractivity contribution >= 4 is 15.9 Å². The molecule has 0 saturated carbocycles. The fraction of sp³-hybridized carbons (Fsp3) is 0.214. The first-order chi connectivity index (χ1) is 8.72. The third kappa shape index (κ3) is 2.96. The smallest absolute Gasteiger partial charge is 0.0675 e. The van der Waals surface area contributed by atoms with E-state index < -0.39 is 0 Å². The average molecular weight is 306 g/mol. The van der Waals surface area contributed by atoms with Crippen molar-refractivity contribution in [1.82, 2.24) is 10.4 Å². The van der Waals surface area contributed by atoms with E-state index in [1.807, 2.05) is 37.3 Å². The molecule has 2 aromatic rings. The summed E-state index contributed by atoms with van der Waals surface area (Å²) < 4.78 is 1.10. The van der Waals surface area contributed by atoms with Crippen LogP contribution in [0.15, 0.2) is 47.1 Å². The summed E-state index contributed by atoms with van der Waals surface area (Å²) in [5.41, 5.74) is 6.21. The lowest BCUT2D eigenvalue weighted by atomic mass is 10.0. The van der Waals surface area contributed by atoms with E-state index in [-0.39, 0.29) is 6.04 Å². The van der Waals surface area contributed by atoms with Gasteiger partial charge in [-0.15, -0.1) is 0 Å². The van der Waals surface area contributed by atoms with Gasteiger partial charge in [0, 0.05) is 10.7 Å². The first-order valence-corrected chi connectivity index (χ1v) is 6.62. The molecule has 1 aromatic heterocycles. The van der Waals surface area contributed by atoms with Crippen LogP contribution in [0.4, 0.5) is 0 Å². The monoisotopic (exact) mass is 305 g/mol. The Morgan fingerprint density at radius 1 is 1.28 bits per heavy atom. The number of halogens is 1. The molecule has 0 spiro atoms. The lowest BCUT2D eigenvalue weighted by Gasteiger charge is -2.18. The van der Waals surface area contributed by atoms with Crippen LogP contribution in [0, 0.1) is 6.92 Å². The Morgan fingerprint density at radius 2 is 2.06 bits per heavy atom. The van der Waals surface area contributed by atoms with Crippen molar-refractivity contribution in [2.45, 2.75) is 19.4 Å².